The van der Waals surface area contributed by atoms with Crippen molar-refractivity contribution in [3.8, 4) is 11.5 Å². The summed E-state index contributed by atoms with van der Waals surface area (Å²) in [6.45, 7) is 5.34. The third kappa shape index (κ3) is 6.33. The minimum Gasteiger partial charge on any atom is -0.493 e. The fourth-order valence-corrected chi connectivity index (χ4v) is 2.77. The molecule has 0 aliphatic heterocycles. The molecule has 0 amide bonds. The van der Waals surface area contributed by atoms with Crippen molar-refractivity contribution in [2.24, 2.45) is 5.41 Å². The molecule has 26 heavy (non-hydrogen) atoms. The molecule has 7 nitrogen and oxygen atoms in total. The molecule has 1 aromatic rings. The van der Waals surface area contributed by atoms with Gasteiger partial charge in [0.05, 0.1) is 19.6 Å². The van der Waals surface area contributed by atoms with Gasteiger partial charge >= 0.3 is 6.16 Å². The second-order valence-electron chi connectivity index (χ2n) is 6.25. The lowest BCUT2D eigenvalue weighted by atomic mass is 9.97. The van der Waals surface area contributed by atoms with Crippen LogP contribution in [0.4, 0.5) is 10.5 Å². The summed E-state index contributed by atoms with van der Waals surface area (Å²) in [6.07, 6.45) is 0.0443. The molecule has 0 aliphatic carbocycles. The molecule has 0 radical (unpaired) electrons. The number of methoxy groups -OCH3 is 2. The average Bonchev–Trinajstić information content (AvgIpc) is 2.62. The van der Waals surface area contributed by atoms with Crippen LogP contribution in [0.2, 0.25) is 0 Å². The number of ether oxygens (including phenoxy) is 4. The Morgan fingerprint density at radius 2 is 1.73 bits per heavy atom. The highest BCUT2D eigenvalue weighted by Crippen LogP contribution is 2.32. The fourth-order valence-electron chi connectivity index (χ4n) is 1.93. The van der Waals surface area contributed by atoms with Crippen molar-refractivity contribution < 1.29 is 28.5 Å². The molecule has 2 N–H and O–H groups in total. The van der Waals surface area contributed by atoms with Crippen molar-refractivity contribution in [3.05, 3.63) is 17.7 Å². The van der Waals surface area contributed by atoms with Crippen LogP contribution in [-0.2, 0) is 20.9 Å². The summed E-state index contributed by atoms with van der Waals surface area (Å²) in [5, 5.41) is -0.0173. The Morgan fingerprint density at radius 3 is 2.31 bits per heavy atom. The molecule has 0 atom stereocenters. The van der Waals surface area contributed by atoms with E-state index in [4.69, 9.17) is 24.7 Å². The standard InChI is InChI=1S/C18H27NO6S/c1-6-7-26-16(20)18(2,3)11-25-17(21)24-10-12-8-14(22-4)15(23-5)9-13(12)19/h8-9H,6-7,10-11,19H2,1-5H3. The Bertz CT molecular complexity index is 632. The number of rotatable bonds is 9. The van der Waals surface area contributed by atoms with Gasteiger partial charge < -0.3 is 24.7 Å². The molecule has 0 saturated heterocycles. The van der Waals surface area contributed by atoms with Crippen LogP contribution in [-0.4, -0.2) is 37.8 Å². The molecule has 1 aromatic carbocycles. The number of nitrogen functional groups attached to an aromatic ring is 1. The third-order valence-electron chi connectivity index (χ3n) is 3.53. The van der Waals surface area contributed by atoms with E-state index in [-0.39, 0.29) is 18.3 Å². The lowest BCUT2D eigenvalue weighted by Crippen LogP contribution is -2.29. The fraction of sp³-hybridized carbons (Fsp3) is 0.556. The minimum atomic E-state index is -0.861. The molecule has 0 spiro atoms. The number of anilines is 1. The Morgan fingerprint density at radius 1 is 1.12 bits per heavy atom. The Hall–Kier alpha value is -2.09. The van der Waals surface area contributed by atoms with Gasteiger partial charge in [0.2, 0.25) is 0 Å². The second kappa shape index (κ2) is 10.2. The van der Waals surface area contributed by atoms with E-state index in [1.54, 1.807) is 26.0 Å². The molecule has 0 aromatic heterocycles. The number of carbonyl (C=O) groups excluding carboxylic acids is 2. The van der Waals surface area contributed by atoms with E-state index < -0.39 is 11.6 Å². The number of hydrogen-bond donors (Lipinski definition) is 1. The second-order valence-corrected chi connectivity index (χ2v) is 7.32. The van der Waals surface area contributed by atoms with Gasteiger partial charge in [-0.1, -0.05) is 18.7 Å². The van der Waals surface area contributed by atoms with Gasteiger partial charge in [-0.05, 0) is 26.3 Å². The summed E-state index contributed by atoms with van der Waals surface area (Å²) in [6, 6.07) is 3.23. The smallest absolute Gasteiger partial charge is 0.493 e. The van der Waals surface area contributed by atoms with Gasteiger partial charge in [0.15, 0.2) is 16.6 Å². The first-order valence-electron chi connectivity index (χ1n) is 8.22. The van der Waals surface area contributed by atoms with E-state index in [2.05, 4.69) is 0 Å². The first-order valence-corrected chi connectivity index (χ1v) is 9.20. The molecule has 8 heteroatoms. The predicted molar refractivity (Wildman–Crippen MR) is 102 cm³/mol. The highest BCUT2D eigenvalue weighted by Gasteiger charge is 2.29. The van der Waals surface area contributed by atoms with Crippen LogP contribution < -0.4 is 15.2 Å². The van der Waals surface area contributed by atoms with E-state index in [9.17, 15) is 9.59 Å². The topological polar surface area (TPSA) is 97.1 Å². The number of benzene rings is 1. The van der Waals surface area contributed by atoms with E-state index in [1.807, 2.05) is 6.92 Å². The third-order valence-corrected chi connectivity index (χ3v) is 4.96. The van der Waals surface area contributed by atoms with Crippen molar-refractivity contribution in [1.29, 1.82) is 0 Å². The maximum atomic E-state index is 12.1. The summed E-state index contributed by atoms with van der Waals surface area (Å²) in [7, 11) is 3.01. The van der Waals surface area contributed by atoms with Crippen LogP contribution in [0.1, 0.15) is 32.8 Å². The molecule has 0 saturated carbocycles. The average molecular weight is 385 g/mol. The minimum absolute atomic E-state index is 0.0173. The molecule has 146 valence electrons. The molecular formula is C18H27NO6S. The number of hydrogen-bond acceptors (Lipinski definition) is 8. The molecule has 0 unspecified atom stereocenters. The molecule has 0 bridgehead atoms. The van der Waals surface area contributed by atoms with Crippen LogP contribution in [0.25, 0.3) is 0 Å². The summed E-state index contributed by atoms with van der Waals surface area (Å²) in [5.41, 5.74) is 6.11. The zero-order valence-corrected chi connectivity index (χ0v) is 16.7. The van der Waals surface area contributed by atoms with E-state index >= 15 is 0 Å². The normalized spacial score (nSPS) is 11.0. The highest BCUT2D eigenvalue weighted by molar-refractivity contribution is 8.13. The molecular weight excluding hydrogens is 358 g/mol. The monoisotopic (exact) mass is 385 g/mol. The van der Waals surface area contributed by atoms with Crippen LogP contribution in [0.15, 0.2) is 12.1 Å². The van der Waals surface area contributed by atoms with E-state index in [1.165, 1.54) is 26.0 Å². The largest absolute Gasteiger partial charge is 0.508 e. The SMILES string of the molecule is CCCSC(=O)C(C)(C)COC(=O)OCc1cc(OC)c(OC)cc1N. The van der Waals surface area contributed by atoms with Gasteiger partial charge in [0.25, 0.3) is 0 Å². The maximum absolute atomic E-state index is 12.1. The molecule has 0 fully saturated rings. The van der Waals surface area contributed by atoms with Crippen molar-refractivity contribution in [1.82, 2.24) is 0 Å². The van der Waals surface area contributed by atoms with Crippen molar-refractivity contribution in [2.75, 3.05) is 32.3 Å². The maximum Gasteiger partial charge on any atom is 0.508 e. The van der Waals surface area contributed by atoms with Gasteiger partial charge in [-0.25, -0.2) is 4.79 Å². The highest BCUT2D eigenvalue weighted by atomic mass is 32.2. The van der Waals surface area contributed by atoms with Crippen molar-refractivity contribution in [3.63, 3.8) is 0 Å². The van der Waals surface area contributed by atoms with E-state index in [0.717, 1.165) is 12.2 Å². The first-order chi connectivity index (χ1) is 12.2. The number of thioether (sulfide) groups is 1. The lowest BCUT2D eigenvalue weighted by Gasteiger charge is -2.21. The van der Waals surface area contributed by atoms with Crippen LogP contribution >= 0.6 is 11.8 Å². The Labute approximate surface area is 158 Å². The van der Waals surface area contributed by atoms with Crippen LogP contribution in [0.3, 0.4) is 0 Å². The van der Waals surface area contributed by atoms with Crippen molar-refractivity contribution >= 4 is 28.7 Å². The first kappa shape index (κ1) is 22.0. The van der Waals surface area contributed by atoms with Crippen LogP contribution in [0.5, 0.6) is 11.5 Å². The van der Waals surface area contributed by atoms with Gasteiger partial charge in [-0.15, -0.1) is 0 Å². The van der Waals surface area contributed by atoms with Gasteiger partial charge in [-0.3, -0.25) is 4.79 Å². The van der Waals surface area contributed by atoms with Gasteiger partial charge in [-0.2, -0.15) is 0 Å². The summed E-state index contributed by atoms with van der Waals surface area (Å²) in [4.78, 5) is 23.9. The molecule has 0 aliphatic rings. The Kier molecular flexibility index (Phi) is 8.57. The van der Waals surface area contributed by atoms with Gasteiger partial charge in [0, 0.05) is 23.1 Å². The van der Waals surface area contributed by atoms with Gasteiger partial charge in [0.1, 0.15) is 13.2 Å². The summed E-state index contributed by atoms with van der Waals surface area (Å²) < 4.78 is 20.5. The Balaban J connectivity index is 2.58. The van der Waals surface area contributed by atoms with Crippen LogP contribution in [0, 0.1) is 5.41 Å². The number of carbonyl (C=O) groups is 2. The zero-order chi connectivity index (χ0) is 19.7. The summed E-state index contributed by atoms with van der Waals surface area (Å²) in [5.74, 6) is 1.71. The zero-order valence-electron chi connectivity index (χ0n) is 15.9. The molecule has 1 rings (SSSR count). The summed E-state index contributed by atoms with van der Waals surface area (Å²) >= 11 is 1.24. The quantitative estimate of drug-likeness (QED) is 0.508. The lowest BCUT2D eigenvalue weighted by molar-refractivity contribution is -0.120. The molecule has 0 heterocycles. The predicted octanol–water partition coefficient (Wildman–Crippen LogP) is 3.64. The van der Waals surface area contributed by atoms with E-state index in [0.29, 0.717) is 22.7 Å². The van der Waals surface area contributed by atoms with Crippen molar-refractivity contribution in [2.45, 2.75) is 33.8 Å². The number of nitrogens with two attached hydrogens (primary N) is 1.